The fourth-order valence-corrected chi connectivity index (χ4v) is 1.24. The van der Waals surface area contributed by atoms with Crippen LogP contribution in [0.1, 0.15) is 15.9 Å². The molecular formula is C14H15NO3. The molecule has 0 aliphatic rings. The molecule has 1 aromatic carbocycles. The number of esters is 1. The van der Waals surface area contributed by atoms with Crippen LogP contribution in [0.25, 0.3) is 6.08 Å². The molecule has 0 unspecified atom stereocenters. The van der Waals surface area contributed by atoms with Crippen molar-refractivity contribution in [2.24, 2.45) is 0 Å². The lowest BCUT2D eigenvalue weighted by atomic mass is 10.1. The van der Waals surface area contributed by atoms with Crippen LogP contribution in [-0.2, 0) is 9.53 Å². The molecule has 0 aromatic heterocycles. The van der Waals surface area contributed by atoms with Crippen LogP contribution < -0.4 is 5.32 Å². The summed E-state index contributed by atoms with van der Waals surface area (Å²) in [5.41, 5.74) is 1.39. The molecule has 1 aromatic rings. The first-order valence-corrected chi connectivity index (χ1v) is 5.45. The Bertz CT molecular complexity index is 460. The van der Waals surface area contributed by atoms with Gasteiger partial charge in [0.1, 0.15) is 6.61 Å². The lowest BCUT2D eigenvalue weighted by Gasteiger charge is -2.00. The summed E-state index contributed by atoms with van der Waals surface area (Å²) in [7, 11) is 1.58. The number of carbonyl (C=O) groups is 2. The Kier molecular flexibility index (Phi) is 5.38. The van der Waals surface area contributed by atoms with E-state index in [4.69, 9.17) is 4.74 Å². The first kappa shape index (κ1) is 13.7. The van der Waals surface area contributed by atoms with E-state index in [-0.39, 0.29) is 12.5 Å². The molecule has 1 N–H and O–H groups in total. The van der Waals surface area contributed by atoms with E-state index in [1.165, 1.54) is 12.2 Å². The molecule has 0 fully saturated rings. The average Bonchev–Trinajstić information content (AvgIpc) is 2.42. The third-order valence-corrected chi connectivity index (χ3v) is 2.16. The van der Waals surface area contributed by atoms with Crippen molar-refractivity contribution in [2.75, 3.05) is 13.7 Å². The quantitative estimate of drug-likeness (QED) is 0.489. The van der Waals surface area contributed by atoms with Crippen LogP contribution >= 0.6 is 0 Å². The molecule has 1 amide bonds. The molecular weight excluding hydrogens is 230 g/mol. The molecule has 4 heteroatoms. The molecule has 0 saturated carbocycles. The Morgan fingerprint density at radius 2 is 2.00 bits per heavy atom. The van der Waals surface area contributed by atoms with Gasteiger partial charge in [-0.3, -0.25) is 4.79 Å². The fraction of sp³-hybridized carbons (Fsp3) is 0.143. The van der Waals surface area contributed by atoms with Gasteiger partial charge in [-0.05, 0) is 23.8 Å². The van der Waals surface area contributed by atoms with Gasteiger partial charge in [-0.1, -0.05) is 24.8 Å². The van der Waals surface area contributed by atoms with Gasteiger partial charge in [-0.25, -0.2) is 4.79 Å². The zero-order chi connectivity index (χ0) is 13.4. The molecule has 1 rings (SSSR count). The van der Waals surface area contributed by atoms with E-state index in [2.05, 4.69) is 11.9 Å². The van der Waals surface area contributed by atoms with E-state index in [1.807, 2.05) is 0 Å². The van der Waals surface area contributed by atoms with E-state index >= 15 is 0 Å². The summed E-state index contributed by atoms with van der Waals surface area (Å²) < 4.78 is 4.78. The number of rotatable bonds is 5. The monoisotopic (exact) mass is 245 g/mol. The van der Waals surface area contributed by atoms with Crippen molar-refractivity contribution in [3.05, 3.63) is 54.1 Å². The van der Waals surface area contributed by atoms with Crippen LogP contribution in [0.4, 0.5) is 0 Å². The Morgan fingerprint density at radius 1 is 1.33 bits per heavy atom. The number of carbonyl (C=O) groups excluding carboxylic acids is 2. The minimum atomic E-state index is -0.426. The summed E-state index contributed by atoms with van der Waals surface area (Å²) in [5.74, 6) is -0.568. The van der Waals surface area contributed by atoms with Crippen molar-refractivity contribution in [2.45, 2.75) is 0 Å². The van der Waals surface area contributed by atoms with E-state index in [0.29, 0.717) is 5.56 Å². The standard InChI is InChI=1S/C14H15NO3/c1-3-10-18-13(16)9-6-11-4-7-12(8-5-11)14(17)15-2/h3-9H,1,10H2,2H3,(H,15,17)/b9-6+. The second-order valence-electron chi connectivity index (χ2n) is 3.45. The van der Waals surface area contributed by atoms with Crippen molar-refractivity contribution in [1.82, 2.24) is 5.32 Å². The lowest BCUT2D eigenvalue weighted by molar-refractivity contribution is -0.136. The molecule has 0 bridgehead atoms. The third kappa shape index (κ3) is 4.25. The third-order valence-electron chi connectivity index (χ3n) is 2.16. The van der Waals surface area contributed by atoms with E-state index in [0.717, 1.165) is 5.56 Å². The first-order valence-electron chi connectivity index (χ1n) is 5.45. The highest BCUT2D eigenvalue weighted by atomic mass is 16.5. The van der Waals surface area contributed by atoms with Gasteiger partial charge in [0.05, 0.1) is 0 Å². The van der Waals surface area contributed by atoms with Crippen LogP contribution in [0.2, 0.25) is 0 Å². The van der Waals surface area contributed by atoms with Gasteiger partial charge in [0.25, 0.3) is 5.91 Å². The summed E-state index contributed by atoms with van der Waals surface area (Å²) in [6, 6.07) is 6.88. The largest absolute Gasteiger partial charge is 0.458 e. The highest BCUT2D eigenvalue weighted by molar-refractivity contribution is 5.94. The van der Waals surface area contributed by atoms with Crippen molar-refractivity contribution >= 4 is 18.0 Å². The van der Waals surface area contributed by atoms with Crippen molar-refractivity contribution in [3.8, 4) is 0 Å². The molecule has 0 radical (unpaired) electrons. The minimum absolute atomic E-state index is 0.143. The second-order valence-corrected chi connectivity index (χ2v) is 3.45. The second kappa shape index (κ2) is 7.06. The summed E-state index contributed by atoms with van der Waals surface area (Å²) >= 11 is 0. The summed E-state index contributed by atoms with van der Waals surface area (Å²) in [6.07, 6.45) is 4.46. The minimum Gasteiger partial charge on any atom is -0.458 e. The summed E-state index contributed by atoms with van der Waals surface area (Å²) in [4.78, 5) is 22.5. The topological polar surface area (TPSA) is 55.4 Å². The van der Waals surface area contributed by atoms with Crippen LogP contribution in [-0.4, -0.2) is 25.5 Å². The zero-order valence-corrected chi connectivity index (χ0v) is 10.2. The summed E-state index contributed by atoms with van der Waals surface area (Å²) in [5, 5.41) is 2.53. The predicted octanol–water partition coefficient (Wildman–Crippen LogP) is 1.79. The number of nitrogens with one attached hydrogen (secondary N) is 1. The van der Waals surface area contributed by atoms with Gasteiger partial charge in [0, 0.05) is 18.7 Å². The number of benzene rings is 1. The van der Waals surface area contributed by atoms with E-state index in [1.54, 1.807) is 37.4 Å². The van der Waals surface area contributed by atoms with Crippen molar-refractivity contribution in [1.29, 1.82) is 0 Å². The molecule has 94 valence electrons. The maximum absolute atomic E-state index is 11.3. The Labute approximate surface area is 106 Å². The SMILES string of the molecule is C=CCOC(=O)/C=C/c1ccc(C(=O)NC)cc1. The maximum Gasteiger partial charge on any atom is 0.331 e. The van der Waals surface area contributed by atoms with Crippen LogP contribution in [0.5, 0.6) is 0 Å². The molecule has 0 heterocycles. The highest BCUT2D eigenvalue weighted by Crippen LogP contribution is 2.06. The van der Waals surface area contributed by atoms with Gasteiger partial charge in [0.2, 0.25) is 0 Å². The average molecular weight is 245 g/mol. The Hall–Kier alpha value is -2.36. The number of hydrogen-bond donors (Lipinski definition) is 1. The highest BCUT2D eigenvalue weighted by Gasteiger charge is 2.01. The van der Waals surface area contributed by atoms with E-state index in [9.17, 15) is 9.59 Å². The van der Waals surface area contributed by atoms with Gasteiger partial charge < -0.3 is 10.1 Å². The maximum atomic E-state index is 11.3. The lowest BCUT2D eigenvalue weighted by Crippen LogP contribution is -2.17. The Morgan fingerprint density at radius 3 is 2.56 bits per heavy atom. The van der Waals surface area contributed by atoms with E-state index < -0.39 is 5.97 Å². The molecule has 0 aliphatic carbocycles. The number of amides is 1. The van der Waals surface area contributed by atoms with Crippen LogP contribution in [0, 0.1) is 0 Å². The summed E-state index contributed by atoms with van der Waals surface area (Å²) in [6.45, 7) is 3.64. The molecule has 0 aliphatic heterocycles. The normalized spacial score (nSPS) is 10.1. The fourth-order valence-electron chi connectivity index (χ4n) is 1.24. The molecule has 0 atom stereocenters. The molecule has 0 saturated heterocycles. The van der Waals surface area contributed by atoms with Crippen LogP contribution in [0.15, 0.2) is 43.0 Å². The molecule has 18 heavy (non-hydrogen) atoms. The van der Waals surface area contributed by atoms with Crippen molar-refractivity contribution < 1.29 is 14.3 Å². The number of ether oxygens (including phenoxy) is 1. The van der Waals surface area contributed by atoms with Crippen molar-refractivity contribution in [3.63, 3.8) is 0 Å². The van der Waals surface area contributed by atoms with Gasteiger partial charge in [0.15, 0.2) is 0 Å². The molecule has 4 nitrogen and oxygen atoms in total. The first-order chi connectivity index (χ1) is 8.67. The van der Waals surface area contributed by atoms with Gasteiger partial charge in [-0.15, -0.1) is 0 Å². The Balaban J connectivity index is 2.63. The van der Waals surface area contributed by atoms with Gasteiger partial charge >= 0.3 is 5.97 Å². The predicted molar refractivity (Wildman–Crippen MR) is 70.0 cm³/mol. The smallest absolute Gasteiger partial charge is 0.331 e. The zero-order valence-electron chi connectivity index (χ0n) is 10.2. The molecule has 0 spiro atoms. The van der Waals surface area contributed by atoms with Crippen LogP contribution in [0.3, 0.4) is 0 Å². The van der Waals surface area contributed by atoms with Gasteiger partial charge in [-0.2, -0.15) is 0 Å². The number of hydrogen-bond acceptors (Lipinski definition) is 3.